The van der Waals surface area contributed by atoms with E-state index < -0.39 is 12.0 Å². The predicted molar refractivity (Wildman–Crippen MR) is 106 cm³/mol. The molecule has 1 aromatic carbocycles. The second-order valence-electron chi connectivity index (χ2n) is 6.98. The molecule has 2 aromatic heterocycles. The third kappa shape index (κ3) is 4.54. The summed E-state index contributed by atoms with van der Waals surface area (Å²) in [6.07, 6.45) is -4.28. The van der Waals surface area contributed by atoms with Gasteiger partial charge in [-0.25, -0.2) is 9.50 Å². The van der Waals surface area contributed by atoms with Crippen LogP contribution < -0.4 is 14.8 Å². The summed E-state index contributed by atoms with van der Waals surface area (Å²) in [6, 6.07) is 3.42. The number of amides is 1. The molecule has 166 valence electrons. The second kappa shape index (κ2) is 8.40. The van der Waals surface area contributed by atoms with Crippen molar-refractivity contribution in [2.75, 3.05) is 19.5 Å². The molecule has 0 unspecified atom stereocenters. The molecule has 0 spiro atoms. The van der Waals surface area contributed by atoms with Gasteiger partial charge in [-0.2, -0.15) is 18.2 Å². The van der Waals surface area contributed by atoms with Gasteiger partial charge in [0, 0.05) is 29.6 Å². The molecule has 0 atom stereocenters. The Hall–Kier alpha value is -3.37. The minimum atomic E-state index is -4.66. The maximum atomic E-state index is 12.9. The number of aryl methyl sites for hydroxylation is 3. The molecular weight excluding hydrogens is 415 g/mol. The van der Waals surface area contributed by atoms with Crippen LogP contribution in [0.15, 0.2) is 12.1 Å². The van der Waals surface area contributed by atoms with Gasteiger partial charge >= 0.3 is 6.18 Å². The van der Waals surface area contributed by atoms with Crippen molar-refractivity contribution in [3.8, 4) is 11.5 Å². The van der Waals surface area contributed by atoms with Crippen molar-refractivity contribution < 1.29 is 27.4 Å². The molecular formula is C20H22F3N5O3. The number of benzene rings is 1. The Morgan fingerprint density at radius 2 is 1.74 bits per heavy atom. The van der Waals surface area contributed by atoms with Crippen LogP contribution in [0.1, 0.15) is 34.8 Å². The monoisotopic (exact) mass is 437 g/mol. The molecule has 3 aromatic rings. The van der Waals surface area contributed by atoms with Gasteiger partial charge in [-0.15, -0.1) is 5.10 Å². The summed E-state index contributed by atoms with van der Waals surface area (Å²) in [5.74, 6) is -0.604. The predicted octanol–water partition coefficient (Wildman–Crippen LogP) is 3.66. The first kappa shape index (κ1) is 22.3. The summed E-state index contributed by atoms with van der Waals surface area (Å²) in [6.45, 7) is 5.12. The maximum Gasteiger partial charge on any atom is 0.453 e. The number of carbonyl (C=O) groups excluding carboxylic acids is 1. The molecule has 0 aliphatic rings. The minimum absolute atomic E-state index is 0.101. The summed E-state index contributed by atoms with van der Waals surface area (Å²) >= 11 is 0. The van der Waals surface area contributed by atoms with E-state index >= 15 is 0 Å². The Balaban J connectivity index is 1.79. The molecule has 0 radical (unpaired) electrons. The molecule has 0 saturated heterocycles. The number of rotatable bonds is 6. The Kier molecular flexibility index (Phi) is 6.05. The first-order chi connectivity index (χ1) is 14.5. The average Bonchev–Trinajstić information content (AvgIpc) is 3.13. The minimum Gasteiger partial charge on any atom is -0.493 e. The van der Waals surface area contributed by atoms with Gasteiger partial charge in [0.1, 0.15) is 0 Å². The van der Waals surface area contributed by atoms with E-state index in [4.69, 9.17) is 9.47 Å². The van der Waals surface area contributed by atoms with Gasteiger partial charge in [-0.1, -0.05) is 0 Å². The summed E-state index contributed by atoms with van der Waals surface area (Å²) in [7, 11) is 3.03. The molecule has 31 heavy (non-hydrogen) atoms. The highest BCUT2D eigenvalue weighted by Crippen LogP contribution is 2.33. The van der Waals surface area contributed by atoms with Crippen LogP contribution in [-0.4, -0.2) is 39.7 Å². The summed E-state index contributed by atoms with van der Waals surface area (Å²) in [5.41, 5.74) is 2.98. The quantitative estimate of drug-likeness (QED) is 0.633. The highest BCUT2D eigenvalue weighted by molar-refractivity contribution is 5.92. The lowest BCUT2D eigenvalue weighted by molar-refractivity contribution is -0.144. The van der Waals surface area contributed by atoms with Crippen LogP contribution in [0.5, 0.6) is 11.5 Å². The topological polar surface area (TPSA) is 90.6 Å². The molecule has 1 amide bonds. The van der Waals surface area contributed by atoms with Gasteiger partial charge < -0.3 is 14.8 Å². The molecule has 0 saturated carbocycles. The Morgan fingerprint density at radius 3 is 2.35 bits per heavy atom. The number of halogens is 3. The van der Waals surface area contributed by atoms with E-state index in [2.05, 4.69) is 20.4 Å². The number of carbonyl (C=O) groups is 1. The molecule has 1 N–H and O–H groups in total. The molecule has 8 nitrogen and oxygen atoms in total. The first-order valence-electron chi connectivity index (χ1n) is 9.37. The average molecular weight is 437 g/mol. The third-order valence-electron chi connectivity index (χ3n) is 4.91. The maximum absolute atomic E-state index is 12.9. The SMILES string of the molecule is COc1cc(C)c(NC(=O)CCc2c(C)nc3nc(C(F)(F)F)nn3c2C)cc1OC. The van der Waals surface area contributed by atoms with Crippen LogP contribution in [-0.2, 0) is 17.4 Å². The van der Waals surface area contributed by atoms with Crippen LogP contribution in [0, 0.1) is 20.8 Å². The van der Waals surface area contributed by atoms with Gasteiger partial charge in [0.15, 0.2) is 11.5 Å². The molecule has 3 rings (SSSR count). The largest absolute Gasteiger partial charge is 0.493 e. The summed E-state index contributed by atoms with van der Waals surface area (Å²) in [4.78, 5) is 20.1. The number of fused-ring (bicyclic) bond motifs is 1. The zero-order valence-electron chi connectivity index (χ0n) is 17.7. The van der Waals surface area contributed by atoms with Crippen molar-refractivity contribution >= 4 is 17.4 Å². The standard InChI is InChI=1S/C20H22F3N5O3/c1-10-8-15(30-4)16(31-5)9-14(10)25-17(29)7-6-13-11(2)24-19-26-18(20(21,22)23)27-28(19)12(13)3/h8-9H,6-7H2,1-5H3,(H,25,29). The van der Waals surface area contributed by atoms with E-state index in [-0.39, 0.29) is 24.5 Å². The van der Waals surface area contributed by atoms with Gasteiger partial charge in [-0.05, 0) is 44.4 Å². The Morgan fingerprint density at radius 1 is 1.10 bits per heavy atom. The van der Waals surface area contributed by atoms with Crippen LogP contribution in [0.25, 0.3) is 5.78 Å². The number of hydrogen-bond acceptors (Lipinski definition) is 6. The molecule has 0 aliphatic carbocycles. The lowest BCUT2D eigenvalue weighted by Gasteiger charge is -2.14. The number of alkyl halides is 3. The normalized spacial score (nSPS) is 11.6. The fraction of sp³-hybridized carbons (Fsp3) is 0.400. The van der Waals surface area contributed by atoms with Gasteiger partial charge in [0.05, 0.1) is 14.2 Å². The fourth-order valence-corrected chi connectivity index (χ4v) is 3.26. The van der Waals surface area contributed by atoms with Crippen molar-refractivity contribution in [3.05, 3.63) is 40.5 Å². The number of methoxy groups -OCH3 is 2. The number of aromatic nitrogens is 4. The van der Waals surface area contributed by atoms with Crippen LogP contribution >= 0.6 is 0 Å². The van der Waals surface area contributed by atoms with Gasteiger partial charge in [0.2, 0.25) is 5.91 Å². The zero-order valence-corrected chi connectivity index (χ0v) is 17.7. The molecule has 0 aliphatic heterocycles. The lowest BCUT2D eigenvalue weighted by Crippen LogP contribution is -2.15. The highest BCUT2D eigenvalue weighted by Gasteiger charge is 2.37. The van der Waals surface area contributed by atoms with Crippen molar-refractivity contribution in [1.82, 2.24) is 19.6 Å². The number of nitrogens with one attached hydrogen (secondary N) is 1. The molecule has 0 bridgehead atoms. The molecule has 0 fully saturated rings. The van der Waals surface area contributed by atoms with Crippen molar-refractivity contribution in [3.63, 3.8) is 0 Å². The second-order valence-corrected chi connectivity index (χ2v) is 6.98. The number of anilines is 1. The summed E-state index contributed by atoms with van der Waals surface area (Å²) in [5, 5.41) is 6.35. The van der Waals surface area contributed by atoms with Crippen LogP contribution in [0.3, 0.4) is 0 Å². The smallest absolute Gasteiger partial charge is 0.453 e. The zero-order chi connectivity index (χ0) is 22.9. The van der Waals surface area contributed by atoms with E-state index in [9.17, 15) is 18.0 Å². The van der Waals surface area contributed by atoms with Crippen molar-refractivity contribution in [1.29, 1.82) is 0 Å². The summed E-state index contributed by atoms with van der Waals surface area (Å²) < 4.78 is 50.3. The van der Waals surface area contributed by atoms with Gasteiger partial charge in [0.25, 0.3) is 11.6 Å². The first-order valence-corrected chi connectivity index (χ1v) is 9.37. The number of hydrogen-bond donors (Lipinski definition) is 1. The molecule has 11 heteroatoms. The highest BCUT2D eigenvalue weighted by atomic mass is 19.4. The van der Waals surface area contributed by atoms with E-state index in [0.29, 0.717) is 34.1 Å². The number of ether oxygens (including phenoxy) is 2. The number of nitrogens with zero attached hydrogens (tertiary/aromatic N) is 4. The van der Waals surface area contributed by atoms with Crippen molar-refractivity contribution in [2.24, 2.45) is 0 Å². The Bertz CT molecular complexity index is 1140. The fourth-order valence-electron chi connectivity index (χ4n) is 3.26. The van der Waals surface area contributed by atoms with E-state index in [1.54, 1.807) is 26.0 Å². The Labute approximate surface area is 176 Å². The lowest BCUT2D eigenvalue weighted by atomic mass is 10.1. The van der Waals surface area contributed by atoms with Gasteiger partial charge in [-0.3, -0.25) is 4.79 Å². The van der Waals surface area contributed by atoms with Crippen LogP contribution in [0.4, 0.5) is 18.9 Å². The van der Waals surface area contributed by atoms with E-state index in [0.717, 1.165) is 10.1 Å². The van der Waals surface area contributed by atoms with E-state index in [1.165, 1.54) is 14.2 Å². The van der Waals surface area contributed by atoms with Crippen LogP contribution in [0.2, 0.25) is 0 Å². The van der Waals surface area contributed by atoms with E-state index in [1.807, 2.05) is 6.92 Å². The third-order valence-corrected chi connectivity index (χ3v) is 4.91. The molecule has 2 heterocycles. The van der Waals surface area contributed by atoms with Crippen molar-refractivity contribution in [2.45, 2.75) is 39.8 Å².